The van der Waals surface area contributed by atoms with Crippen LogP contribution in [-0.4, -0.2) is 29.2 Å². The van der Waals surface area contributed by atoms with Gasteiger partial charge in [0.2, 0.25) is 5.91 Å². The van der Waals surface area contributed by atoms with Crippen LogP contribution in [0.25, 0.3) is 0 Å². The van der Waals surface area contributed by atoms with Gasteiger partial charge in [-0.05, 0) is 38.5 Å². The van der Waals surface area contributed by atoms with Gasteiger partial charge in [0.25, 0.3) is 0 Å². The number of carbonyl (C=O) groups excluding carboxylic acids is 1. The summed E-state index contributed by atoms with van der Waals surface area (Å²) < 4.78 is 46.1. The first-order valence-corrected chi connectivity index (χ1v) is 7.03. The average molecular weight is 316 g/mol. The van der Waals surface area contributed by atoms with E-state index in [0.717, 1.165) is 5.01 Å². The predicted octanol–water partition coefficient (Wildman–Crippen LogP) is 3.20. The minimum Gasteiger partial charge on any atom is -0.494 e. The van der Waals surface area contributed by atoms with Crippen LogP contribution >= 0.6 is 0 Å². The van der Waals surface area contributed by atoms with Crippen molar-refractivity contribution in [1.82, 2.24) is 10.4 Å². The quantitative estimate of drug-likeness (QED) is 0.927. The topological polar surface area (TPSA) is 41.6 Å². The SMILES string of the molecule is CCOc1cccc(C(N2NC(=O)CC2(C)C)C(F)(F)F)c1. The molecule has 0 spiro atoms. The Bertz CT molecular complexity index is 558. The van der Waals surface area contributed by atoms with E-state index < -0.39 is 23.7 Å². The zero-order valence-corrected chi connectivity index (χ0v) is 12.7. The molecule has 1 amide bonds. The maximum Gasteiger partial charge on any atom is 0.409 e. The molecule has 1 fully saturated rings. The molecular weight excluding hydrogens is 297 g/mol. The van der Waals surface area contributed by atoms with E-state index in [2.05, 4.69) is 5.43 Å². The summed E-state index contributed by atoms with van der Waals surface area (Å²) in [5.41, 5.74) is 1.44. The fourth-order valence-corrected chi connectivity index (χ4v) is 2.64. The van der Waals surface area contributed by atoms with Crippen LogP contribution in [-0.2, 0) is 4.79 Å². The van der Waals surface area contributed by atoms with Gasteiger partial charge in [-0.1, -0.05) is 12.1 Å². The number of hydrogen-bond donors (Lipinski definition) is 1. The monoisotopic (exact) mass is 316 g/mol. The lowest BCUT2D eigenvalue weighted by Crippen LogP contribution is -2.51. The lowest BCUT2D eigenvalue weighted by molar-refractivity contribution is -0.203. The fraction of sp³-hybridized carbons (Fsp3) is 0.533. The molecule has 1 N–H and O–H groups in total. The van der Waals surface area contributed by atoms with Gasteiger partial charge in [0.15, 0.2) is 6.04 Å². The normalized spacial score (nSPS) is 19.8. The molecule has 1 aromatic carbocycles. The zero-order chi connectivity index (χ0) is 16.5. The zero-order valence-electron chi connectivity index (χ0n) is 12.7. The van der Waals surface area contributed by atoms with E-state index in [1.165, 1.54) is 18.2 Å². The highest BCUT2D eigenvalue weighted by Gasteiger charge is 2.53. The smallest absolute Gasteiger partial charge is 0.409 e. The summed E-state index contributed by atoms with van der Waals surface area (Å²) in [5.74, 6) is -0.0437. The molecule has 1 aliphatic rings. The molecule has 4 nitrogen and oxygen atoms in total. The number of halogens is 3. The van der Waals surface area contributed by atoms with Gasteiger partial charge in [-0.2, -0.15) is 18.2 Å². The van der Waals surface area contributed by atoms with Crippen molar-refractivity contribution in [1.29, 1.82) is 0 Å². The molecule has 0 aromatic heterocycles. The molecular formula is C15H19F3N2O2. The van der Waals surface area contributed by atoms with Crippen molar-refractivity contribution in [2.24, 2.45) is 0 Å². The number of benzene rings is 1. The maximum atomic E-state index is 13.6. The summed E-state index contributed by atoms with van der Waals surface area (Å²) in [7, 11) is 0. The minimum atomic E-state index is -4.53. The number of nitrogens with zero attached hydrogens (tertiary/aromatic N) is 1. The third-order valence-corrected chi connectivity index (χ3v) is 3.54. The third kappa shape index (κ3) is 3.35. The lowest BCUT2D eigenvalue weighted by atomic mass is 9.97. The van der Waals surface area contributed by atoms with E-state index >= 15 is 0 Å². The van der Waals surface area contributed by atoms with Crippen LogP contribution in [0.3, 0.4) is 0 Å². The largest absolute Gasteiger partial charge is 0.494 e. The van der Waals surface area contributed by atoms with Crippen molar-refractivity contribution in [3.63, 3.8) is 0 Å². The average Bonchev–Trinajstić information content (AvgIpc) is 2.62. The van der Waals surface area contributed by atoms with Crippen molar-refractivity contribution in [3.8, 4) is 5.75 Å². The summed E-state index contributed by atoms with van der Waals surface area (Å²) in [5, 5.41) is 0.987. The molecule has 0 aliphatic carbocycles. The molecule has 0 bridgehead atoms. The number of nitrogens with one attached hydrogen (secondary N) is 1. The Hall–Kier alpha value is -1.76. The first kappa shape index (κ1) is 16.6. The first-order chi connectivity index (χ1) is 10.1. The van der Waals surface area contributed by atoms with E-state index in [1.807, 2.05) is 0 Å². The molecule has 7 heteroatoms. The second kappa shape index (κ2) is 5.79. The number of ether oxygens (including phenoxy) is 1. The highest BCUT2D eigenvalue weighted by atomic mass is 19.4. The molecule has 1 unspecified atom stereocenters. The Labute approximate surface area is 127 Å². The minimum absolute atomic E-state index is 0.0186. The Kier molecular flexibility index (Phi) is 4.37. The molecule has 1 saturated heterocycles. The third-order valence-electron chi connectivity index (χ3n) is 3.54. The Morgan fingerprint density at radius 3 is 2.59 bits per heavy atom. The first-order valence-electron chi connectivity index (χ1n) is 7.03. The van der Waals surface area contributed by atoms with E-state index in [-0.39, 0.29) is 12.0 Å². The standard InChI is InChI=1S/C15H19F3N2O2/c1-4-22-11-7-5-6-10(8-11)13(15(16,17)18)20-14(2,3)9-12(21)19-20/h5-8,13H,4,9H2,1-3H3,(H,19,21). The maximum absolute atomic E-state index is 13.6. The number of carbonyl (C=O) groups is 1. The lowest BCUT2D eigenvalue weighted by Gasteiger charge is -2.38. The molecule has 1 heterocycles. The molecule has 2 rings (SSSR count). The van der Waals surface area contributed by atoms with Crippen LogP contribution in [0.5, 0.6) is 5.75 Å². The van der Waals surface area contributed by atoms with Gasteiger partial charge in [0.05, 0.1) is 6.61 Å². The van der Waals surface area contributed by atoms with Crippen LogP contribution in [0.4, 0.5) is 13.2 Å². The van der Waals surface area contributed by atoms with Gasteiger partial charge in [0.1, 0.15) is 5.75 Å². The molecule has 1 aromatic rings. The summed E-state index contributed by atoms with van der Waals surface area (Å²) in [6.07, 6.45) is -4.51. The Morgan fingerprint density at radius 2 is 2.09 bits per heavy atom. The predicted molar refractivity (Wildman–Crippen MR) is 75.1 cm³/mol. The fourth-order valence-electron chi connectivity index (χ4n) is 2.64. The number of amides is 1. The van der Waals surface area contributed by atoms with Gasteiger partial charge < -0.3 is 4.74 Å². The summed E-state index contributed by atoms with van der Waals surface area (Å²) in [6.45, 7) is 5.34. The Morgan fingerprint density at radius 1 is 1.41 bits per heavy atom. The molecule has 122 valence electrons. The van der Waals surface area contributed by atoms with Gasteiger partial charge >= 0.3 is 6.18 Å². The van der Waals surface area contributed by atoms with E-state index in [9.17, 15) is 18.0 Å². The summed E-state index contributed by atoms with van der Waals surface area (Å²) in [4.78, 5) is 11.6. The van der Waals surface area contributed by atoms with Gasteiger partial charge in [-0.3, -0.25) is 10.2 Å². The van der Waals surface area contributed by atoms with Crippen molar-refractivity contribution in [2.75, 3.05) is 6.61 Å². The second-order valence-corrected chi connectivity index (χ2v) is 5.84. The molecule has 1 atom stereocenters. The number of hydrogen-bond acceptors (Lipinski definition) is 3. The second-order valence-electron chi connectivity index (χ2n) is 5.84. The molecule has 22 heavy (non-hydrogen) atoms. The molecule has 0 saturated carbocycles. The van der Waals surface area contributed by atoms with Crippen molar-refractivity contribution >= 4 is 5.91 Å². The van der Waals surface area contributed by atoms with Crippen molar-refractivity contribution in [2.45, 2.75) is 44.9 Å². The van der Waals surface area contributed by atoms with Crippen LogP contribution in [0.1, 0.15) is 38.8 Å². The highest BCUT2D eigenvalue weighted by molar-refractivity contribution is 5.79. The summed E-state index contributed by atoms with van der Waals surface area (Å²) >= 11 is 0. The van der Waals surface area contributed by atoms with Crippen LogP contribution in [0.2, 0.25) is 0 Å². The van der Waals surface area contributed by atoms with Gasteiger partial charge in [-0.25, -0.2) is 0 Å². The number of rotatable bonds is 4. The van der Waals surface area contributed by atoms with Crippen LogP contribution < -0.4 is 10.2 Å². The number of hydrazine groups is 1. The van der Waals surface area contributed by atoms with E-state index in [0.29, 0.717) is 12.4 Å². The van der Waals surface area contributed by atoms with Crippen LogP contribution in [0, 0.1) is 0 Å². The molecule has 1 aliphatic heterocycles. The van der Waals surface area contributed by atoms with Crippen molar-refractivity contribution < 1.29 is 22.7 Å². The molecule has 0 radical (unpaired) electrons. The van der Waals surface area contributed by atoms with Crippen molar-refractivity contribution in [3.05, 3.63) is 29.8 Å². The Balaban J connectivity index is 2.43. The number of alkyl halides is 3. The van der Waals surface area contributed by atoms with Gasteiger partial charge in [-0.15, -0.1) is 0 Å². The van der Waals surface area contributed by atoms with E-state index in [1.54, 1.807) is 26.8 Å². The highest BCUT2D eigenvalue weighted by Crippen LogP contribution is 2.43. The van der Waals surface area contributed by atoms with Gasteiger partial charge in [0, 0.05) is 12.0 Å². The van der Waals surface area contributed by atoms with Crippen LogP contribution in [0.15, 0.2) is 24.3 Å². The summed E-state index contributed by atoms with van der Waals surface area (Å²) in [6, 6.07) is 3.95. The van der Waals surface area contributed by atoms with E-state index in [4.69, 9.17) is 4.74 Å².